The topological polar surface area (TPSA) is 86.5 Å². The molecular weight excluding hydrogens is 266 g/mol. The Hall–Kier alpha value is -0.620. The number of carbonyl (C=O) groups excluding carboxylic acids is 1. The number of nitrogens with two attached hydrogens (primary N) is 1. The highest BCUT2D eigenvalue weighted by atomic mass is 32.2. The third-order valence-electron chi connectivity index (χ3n) is 3.20. The Morgan fingerprint density at radius 2 is 1.79 bits per heavy atom. The van der Waals surface area contributed by atoms with Crippen molar-refractivity contribution in [1.82, 2.24) is 0 Å². The highest BCUT2D eigenvalue weighted by Gasteiger charge is 2.35. The van der Waals surface area contributed by atoms with Gasteiger partial charge in [-0.15, -0.1) is 0 Å². The van der Waals surface area contributed by atoms with Crippen LogP contribution in [0, 0.1) is 0 Å². The third kappa shape index (κ3) is 5.48. The van der Waals surface area contributed by atoms with E-state index in [1.54, 1.807) is 20.8 Å². The molecule has 0 aromatic rings. The van der Waals surface area contributed by atoms with Crippen LogP contribution in [0.3, 0.4) is 0 Å². The van der Waals surface area contributed by atoms with Crippen LogP contribution in [0.2, 0.25) is 0 Å². The van der Waals surface area contributed by atoms with E-state index in [2.05, 4.69) is 0 Å². The molecule has 0 aromatic carbocycles. The van der Waals surface area contributed by atoms with Crippen LogP contribution in [0.15, 0.2) is 0 Å². The lowest BCUT2D eigenvalue weighted by Gasteiger charge is -2.23. The zero-order chi connectivity index (χ0) is 14.7. The van der Waals surface area contributed by atoms with Gasteiger partial charge >= 0.3 is 5.97 Å². The van der Waals surface area contributed by atoms with Crippen LogP contribution in [-0.2, 0) is 19.4 Å². The highest BCUT2D eigenvalue weighted by molar-refractivity contribution is 7.92. The third-order valence-corrected chi connectivity index (χ3v) is 5.35. The van der Waals surface area contributed by atoms with Crippen LogP contribution in [0.4, 0.5) is 0 Å². The molecule has 6 heteroatoms. The lowest BCUT2D eigenvalue weighted by molar-refractivity contribution is -0.151. The molecule has 1 rings (SSSR count). The Kier molecular flexibility index (Phi) is 5.38. The van der Waals surface area contributed by atoms with Gasteiger partial charge in [-0.05, 0) is 33.6 Å². The van der Waals surface area contributed by atoms with Crippen LogP contribution >= 0.6 is 0 Å². The fourth-order valence-corrected chi connectivity index (χ4v) is 4.19. The van der Waals surface area contributed by atoms with Crippen molar-refractivity contribution in [3.63, 3.8) is 0 Å². The zero-order valence-corrected chi connectivity index (χ0v) is 12.8. The fourth-order valence-electron chi connectivity index (χ4n) is 2.39. The maximum absolute atomic E-state index is 12.3. The standard InChI is InChI=1S/C13H25NO4S/c1-13(2,3)18-12(15)9-19(16,17)11-8-6-4-5-7-10(11)14/h10-11H,4-9,14H2,1-3H3. The Labute approximate surface area is 115 Å². The van der Waals surface area contributed by atoms with Crippen molar-refractivity contribution in [2.45, 2.75) is 69.8 Å². The summed E-state index contributed by atoms with van der Waals surface area (Å²) in [5.41, 5.74) is 5.27. The van der Waals surface area contributed by atoms with Gasteiger partial charge in [0.15, 0.2) is 9.84 Å². The van der Waals surface area contributed by atoms with Gasteiger partial charge in [-0.1, -0.05) is 19.3 Å². The van der Waals surface area contributed by atoms with Crippen molar-refractivity contribution in [1.29, 1.82) is 0 Å². The molecule has 1 saturated carbocycles. The van der Waals surface area contributed by atoms with Crippen molar-refractivity contribution < 1.29 is 17.9 Å². The monoisotopic (exact) mass is 291 g/mol. The quantitative estimate of drug-likeness (QED) is 0.627. The Morgan fingerprint density at radius 3 is 2.37 bits per heavy atom. The van der Waals surface area contributed by atoms with E-state index >= 15 is 0 Å². The second kappa shape index (κ2) is 6.22. The van der Waals surface area contributed by atoms with Crippen molar-refractivity contribution in [3.05, 3.63) is 0 Å². The first-order chi connectivity index (χ1) is 8.62. The number of ether oxygens (including phenoxy) is 1. The molecule has 112 valence electrons. The summed E-state index contributed by atoms with van der Waals surface area (Å²) >= 11 is 0. The summed E-state index contributed by atoms with van der Waals surface area (Å²) in [6.07, 6.45) is 4.07. The number of hydrogen-bond acceptors (Lipinski definition) is 5. The van der Waals surface area contributed by atoms with Crippen LogP contribution in [0.5, 0.6) is 0 Å². The minimum Gasteiger partial charge on any atom is -0.459 e. The summed E-state index contributed by atoms with van der Waals surface area (Å²) < 4.78 is 29.6. The van der Waals surface area contributed by atoms with Gasteiger partial charge in [-0.3, -0.25) is 4.79 Å². The van der Waals surface area contributed by atoms with Gasteiger partial charge in [-0.2, -0.15) is 0 Å². The normalized spacial score (nSPS) is 25.7. The number of hydrogen-bond donors (Lipinski definition) is 1. The molecule has 0 saturated heterocycles. The minimum atomic E-state index is -3.53. The molecule has 0 aromatic heterocycles. The Morgan fingerprint density at radius 1 is 1.21 bits per heavy atom. The molecule has 0 radical (unpaired) electrons. The number of sulfone groups is 1. The van der Waals surface area contributed by atoms with Gasteiger partial charge in [0, 0.05) is 6.04 Å². The summed E-state index contributed by atoms with van der Waals surface area (Å²) in [6.45, 7) is 5.15. The zero-order valence-electron chi connectivity index (χ0n) is 12.0. The summed E-state index contributed by atoms with van der Waals surface area (Å²) in [4.78, 5) is 11.7. The molecule has 0 heterocycles. The molecule has 5 nitrogen and oxygen atoms in total. The predicted octanol–water partition coefficient (Wildman–Crippen LogP) is 1.40. The molecule has 1 fully saturated rings. The Balaban J connectivity index is 2.71. The van der Waals surface area contributed by atoms with Gasteiger partial charge < -0.3 is 10.5 Å². The van der Waals surface area contributed by atoms with E-state index in [1.165, 1.54) is 0 Å². The first-order valence-corrected chi connectivity index (χ1v) is 8.52. The largest absolute Gasteiger partial charge is 0.459 e. The second-order valence-corrected chi connectivity index (χ2v) is 8.45. The average molecular weight is 291 g/mol. The molecule has 0 bridgehead atoms. The maximum atomic E-state index is 12.3. The molecule has 1 aliphatic carbocycles. The van der Waals surface area contributed by atoms with E-state index in [9.17, 15) is 13.2 Å². The SMILES string of the molecule is CC(C)(C)OC(=O)CS(=O)(=O)C1CCCCCC1N. The molecule has 1 aliphatic rings. The van der Waals surface area contributed by atoms with Crippen molar-refractivity contribution >= 4 is 15.8 Å². The lowest BCUT2D eigenvalue weighted by Crippen LogP contribution is -2.42. The molecule has 19 heavy (non-hydrogen) atoms. The number of rotatable bonds is 3. The smallest absolute Gasteiger partial charge is 0.321 e. The van der Waals surface area contributed by atoms with Crippen molar-refractivity contribution in [3.8, 4) is 0 Å². The van der Waals surface area contributed by atoms with E-state index in [4.69, 9.17) is 10.5 Å². The molecule has 0 aliphatic heterocycles. The van der Waals surface area contributed by atoms with Crippen LogP contribution in [0.1, 0.15) is 52.9 Å². The molecule has 2 unspecified atom stereocenters. The van der Waals surface area contributed by atoms with Gasteiger partial charge in [-0.25, -0.2) is 8.42 Å². The Bertz CT molecular complexity index is 411. The van der Waals surface area contributed by atoms with Crippen LogP contribution in [0.25, 0.3) is 0 Å². The molecule has 2 N–H and O–H groups in total. The van der Waals surface area contributed by atoms with Crippen LogP contribution in [-0.4, -0.2) is 37.0 Å². The van der Waals surface area contributed by atoms with Gasteiger partial charge in [0.05, 0.1) is 5.25 Å². The molecule has 0 spiro atoms. The molecule has 2 atom stereocenters. The van der Waals surface area contributed by atoms with E-state index in [-0.39, 0.29) is 6.04 Å². The predicted molar refractivity (Wildman–Crippen MR) is 74.5 cm³/mol. The van der Waals surface area contributed by atoms with Crippen LogP contribution < -0.4 is 5.73 Å². The molecule has 0 amide bonds. The summed E-state index contributed by atoms with van der Waals surface area (Å²) in [5, 5.41) is -0.609. The van der Waals surface area contributed by atoms with Gasteiger partial charge in [0.2, 0.25) is 0 Å². The lowest BCUT2D eigenvalue weighted by atomic mass is 10.1. The first-order valence-electron chi connectivity index (χ1n) is 6.81. The summed E-state index contributed by atoms with van der Waals surface area (Å²) in [5.74, 6) is -1.26. The number of esters is 1. The first kappa shape index (κ1) is 16.4. The van der Waals surface area contributed by atoms with Crippen molar-refractivity contribution in [2.75, 3.05) is 5.75 Å². The maximum Gasteiger partial charge on any atom is 0.321 e. The number of carbonyl (C=O) groups is 1. The summed E-state index contributed by atoms with van der Waals surface area (Å²) in [7, 11) is -3.53. The molecular formula is C13H25NO4S. The van der Waals surface area contributed by atoms with E-state index in [0.717, 1.165) is 19.3 Å². The van der Waals surface area contributed by atoms with E-state index in [0.29, 0.717) is 12.8 Å². The average Bonchev–Trinajstić information content (AvgIpc) is 2.38. The fraction of sp³-hybridized carbons (Fsp3) is 0.923. The van der Waals surface area contributed by atoms with Gasteiger partial charge in [0.25, 0.3) is 0 Å². The summed E-state index contributed by atoms with van der Waals surface area (Å²) in [6, 6.07) is -0.366. The van der Waals surface area contributed by atoms with E-state index < -0.39 is 32.4 Å². The minimum absolute atomic E-state index is 0.366. The van der Waals surface area contributed by atoms with Crippen molar-refractivity contribution in [2.24, 2.45) is 5.73 Å². The highest BCUT2D eigenvalue weighted by Crippen LogP contribution is 2.23. The van der Waals surface area contributed by atoms with E-state index in [1.807, 2.05) is 0 Å². The van der Waals surface area contributed by atoms with Gasteiger partial charge in [0.1, 0.15) is 11.4 Å². The second-order valence-electron chi connectivity index (χ2n) is 6.23.